The first-order valence-electron chi connectivity index (χ1n) is 6.84. The number of rotatable bonds is 7. The molecule has 2 unspecified atom stereocenters. The zero-order valence-electron chi connectivity index (χ0n) is 11.8. The third-order valence-electron chi connectivity index (χ3n) is 3.64. The van der Waals surface area contributed by atoms with Crippen molar-refractivity contribution in [3.8, 4) is 0 Å². The molecule has 98 valence electrons. The van der Waals surface area contributed by atoms with Crippen LogP contribution in [-0.2, 0) is 4.79 Å². The summed E-state index contributed by atoms with van der Waals surface area (Å²) in [4.78, 5) is 12.5. The van der Waals surface area contributed by atoms with Gasteiger partial charge in [-0.15, -0.1) is 0 Å². The predicted molar refractivity (Wildman–Crippen MR) is 77.7 cm³/mol. The lowest BCUT2D eigenvalue weighted by Gasteiger charge is -2.22. The SMILES string of the molecule is C=C(CC)CC(=O)C(c1ccccc1)C(C)CC. The molecule has 1 nitrogen and oxygen atoms in total. The van der Waals surface area contributed by atoms with E-state index >= 15 is 0 Å². The van der Waals surface area contributed by atoms with E-state index in [0.717, 1.165) is 24.0 Å². The number of hydrogen-bond acceptors (Lipinski definition) is 1. The lowest BCUT2D eigenvalue weighted by atomic mass is 9.80. The molecular formula is C17H24O. The number of allylic oxidation sites excluding steroid dienone is 1. The Kier molecular flexibility index (Phi) is 5.84. The second kappa shape index (κ2) is 7.15. The number of Topliss-reactive ketones (excluding diaryl/α,β-unsaturated/α-hetero) is 1. The van der Waals surface area contributed by atoms with Crippen molar-refractivity contribution in [3.05, 3.63) is 48.0 Å². The van der Waals surface area contributed by atoms with Crippen molar-refractivity contribution in [3.63, 3.8) is 0 Å². The van der Waals surface area contributed by atoms with Crippen LogP contribution in [0, 0.1) is 5.92 Å². The van der Waals surface area contributed by atoms with Crippen molar-refractivity contribution in [1.29, 1.82) is 0 Å². The molecule has 0 aromatic heterocycles. The van der Waals surface area contributed by atoms with E-state index in [9.17, 15) is 4.79 Å². The largest absolute Gasteiger partial charge is 0.299 e. The van der Waals surface area contributed by atoms with Crippen molar-refractivity contribution in [2.75, 3.05) is 0 Å². The van der Waals surface area contributed by atoms with Crippen LogP contribution in [0.15, 0.2) is 42.5 Å². The average molecular weight is 244 g/mol. The monoisotopic (exact) mass is 244 g/mol. The maximum absolute atomic E-state index is 12.5. The molecule has 0 heterocycles. The van der Waals surface area contributed by atoms with E-state index in [1.165, 1.54) is 0 Å². The summed E-state index contributed by atoms with van der Waals surface area (Å²) in [6, 6.07) is 10.1. The Morgan fingerprint density at radius 3 is 2.33 bits per heavy atom. The molecule has 0 spiro atoms. The summed E-state index contributed by atoms with van der Waals surface area (Å²) >= 11 is 0. The molecule has 0 N–H and O–H groups in total. The summed E-state index contributed by atoms with van der Waals surface area (Å²) < 4.78 is 0. The molecule has 1 rings (SSSR count). The number of carbonyl (C=O) groups excluding carboxylic acids is 1. The van der Waals surface area contributed by atoms with Crippen LogP contribution in [0.4, 0.5) is 0 Å². The van der Waals surface area contributed by atoms with Crippen molar-refractivity contribution in [2.24, 2.45) is 5.92 Å². The third kappa shape index (κ3) is 3.83. The maximum Gasteiger partial charge on any atom is 0.144 e. The van der Waals surface area contributed by atoms with Gasteiger partial charge in [-0.3, -0.25) is 4.79 Å². The first-order valence-corrected chi connectivity index (χ1v) is 6.84. The summed E-state index contributed by atoms with van der Waals surface area (Å²) in [6.45, 7) is 10.3. The van der Waals surface area contributed by atoms with Crippen LogP contribution in [-0.4, -0.2) is 5.78 Å². The molecule has 0 saturated carbocycles. The summed E-state index contributed by atoms with van der Waals surface area (Å²) in [5.74, 6) is 0.700. The normalized spacial score (nSPS) is 13.9. The highest BCUT2D eigenvalue weighted by atomic mass is 16.1. The summed E-state index contributed by atoms with van der Waals surface area (Å²) in [7, 11) is 0. The second-order valence-corrected chi connectivity index (χ2v) is 5.02. The molecule has 0 bridgehead atoms. The van der Waals surface area contributed by atoms with Crippen molar-refractivity contribution < 1.29 is 4.79 Å². The highest BCUT2D eigenvalue weighted by Gasteiger charge is 2.25. The minimum atomic E-state index is 0.0134. The first kappa shape index (κ1) is 14.7. The van der Waals surface area contributed by atoms with Gasteiger partial charge in [-0.1, -0.05) is 69.7 Å². The van der Waals surface area contributed by atoms with Gasteiger partial charge in [0.25, 0.3) is 0 Å². The molecule has 1 heteroatoms. The fourth-order valence-corrected chi connectivity index (χ4v) is 2.21. The van der Waals surface area contributed by atoms with E-state index < -0.39 is 0 Å². The van der Waals surface area contributed by atoms with Gasteiger partial charge < -0.3 is 0 Å². The maximum atomic E-state index is 12.5. The Hall–Kier alpha value is -1.37. The minimum absolute atomic E-state index is 0.0134. The molecule has 2 atom stereocenters. The quantitative estimate of drug-likeness (QED) is 0.633. The van der Waals surface area contributed by atoms with Crippen molar-refractivity contribution in [1.82, 2.24) is 0 Å². The third-order valence-corrected chi connectivity index (χ3v) is 3.64. The van der Waals surface area contributed by atoms with Crippen LogP contribution in [0.25, 0.3) is 0 Å². The van der Waals surface area contributed by atoms with Crippen LogP contribution in [0.1, 0.15) is 51.5 Å². The van der Waals surface area contributed by atoms with E-state index in [-0.39, 0.29) is 5.92 Å². The molecule has 0 aliphatic heterocycles. The summed E-state index contributed by atoms with van der Waals surface area (Å²) in [5, 5.41) is 0. The Labute approximate surface area is 111 Å². The zero-order valence-corrected chi connectivity index (χ0v) is 11.8. The Morgan fingerprint density at radius 1 is 1.22 bits per heavy atom. The van der Waals surface area contributed by atoms with Gasteiger partial charge in [0.05, 0.1) is 0 Å². The average Bonchev–Trinajstić information content (AvgIpc) is 2.39. The topological polar surface area (TPSA) is 17.1 Å². The molecular weight excluding hydrogens is 220 g/mol. The standard InChI is InChI=1S/C17H24O/c1-5-13(3)12-16(18)17(14(4)6-2)15-10-8-7-9-11-15/h7-11,14,17H,3,5-6,12H2,1-2,4H3. The van der Waals surface area contributed by atoms with Gasteiger partial charge in [0, 0.05) is 12.3 Å². The van der Waals surface area contributed by atoms with Gasteiger partial charge in [0.15, 0.2) is 0 Å². The molecule has 0 aliphatic carbocycles. The Bertz CT molecular complexity index is 391. The highest BCUT2D eigenvalue weighted by molar-refractivity contribution is 5.87. The summed E-state index contributed by atoms with van der Waals surface area (Å²) in [6.07, 6.45) is 2.41. The number of carbonyl (C=O) groups is 1. The lowest BCUT2D eigenvalue weighted by molar-refractivity contribution is -0.120. The van der Waals surface area contributed by atoms with Crippen LogP contribution in [0.3, 0.4) is 0 Å². The first-order chi connectivity index (χ1) is 8.60. The molecule has 1 aromatic rings. The number of ketones is 1. The molecule has 0 fully saturated rings. The molecule has 0 radical (unpaired) electrons. The van der Waals surface area contributed by atoms with E-state index in [1.54, 1.807) is 0 Å². The molecule has 0 amide bonds. The smallest absolute Gasteiger partial charge is 0.144 e. The fourth-order valence-electron chi connectivity index (χ4n) is 2.21. The second-order valence-electron chi connectivity index (χ2n) is 5.02. The molecule has 0 saturated heterocycles. The number of hydrogen-bond donors (Lipinski definition) is 0. The molecule has 18 heavy (non-hydrogen) atoms. The summed E-state index contributed by atoms with van der Waals surface area (Å²) in [5.41, 5.74) is 2.17. The molecule has 1 aromatic carbocycles. The van der Waals surface area contributed by atoms with Crippen LogP contribution < -0.4 is 0 Å². The lowest BCUT2D eigenvalue weighted by Crippen LogP contribution is -2.20. The number of benzene rings is 1. The van der Waals surface area contributed by atoms with Crippen LogP contribution in [0.2, 0.25) is 0 Å². The minimum Gasteiger partial charge on any atom is -0.299 e. The van der Waals surface area contributed by atoms with E-state index in [1.807, 2.05) is 18.2 Å². The Balaban J connectivity index is 2.92. The van der Waals surface area contributed by atoms with E-state index in [0.29, 0.717) is 18.1 Å². The highest BCUT2D eigenvalue weighted by Crippen LogP contribution is 2.30. The van der Waals surface area contributed by atoms with Gasteiger partial charge in [0.2, 0.25) is 0 Å². The van der Waals surface area contributed by atoms with Gasteiger partial charge in [-0.25, -0.2) is 0 Å². The molecule has 0 aliphatic rings. The van der Waals surface area contributed by atoms with E-state index in [4.69, 9.17) is 0 Å². The van der Waals surface area contributed by atoms with Gasteiger partial charge in [0.1, 0.15) is 5.78 Å². The van der Waals surface area contributed by atoms with Crippen LogP contribution in [0.5, 0.6) is 0 Å². The van der Waals surface area contributed by atoms with Crippen molar-refractivity contribution in [2.45, 2.75) is 46.0 Å². The van der Waals surface area contributed by atoms with Crippen LogP contribution >= 0.6 is 0 Å². The predicted octanol–water partition coefficient (Wildman–Crippen LogP) is 4.74. The van der Waals surface area contributed by atoms with Gasteiger partial charge in [-0.2, -0.15) is 0 Å². The van der Waals surface area contributed by atoms with E-state index in [2.05, 4.69) is 39.5 Å². The van der Waals surface area contributed by atoms with Gasteiger partial charge in [-0.05, 0) is 17.9 Å². The Morgan fingerprint density at radius 2 is 1.83 bits per heavy atom. The fraction of sp³-hybridized carbons (Fsp3) is 0.471. The van der Waals surface area contributed by atoms with Gasteiger partial charge >= 0.3 is 0 Å². The van der Waals surface area contributed by atoms with Crippen molar-refractivity contribution >= 4 is 5.78 Å². The zero-order chi connectivity index (χ0) is 13.5.